The molecular formula is C4H10MgO3. The van der Waals surface area contributed by atoms with Crippen LogP contribution in [0.25, 0.3) is 0 Å². The van der Waals surface area contributed by atoms with E-state index in [1.165, 1.54) is 0 Å². The molecule has 0 saturated heterocycles. The second-order valence-corrected chi connectivity index (χ2v) is 1.26. The molecule has 0 aromatic carbocycles. The molecule has 0 aromatic rings. The number of aliphatic hydroxyl groups excluding tert-OH is 1. The van der Waals surface area contributed by atoms with Gasteiger partial charge in [-0.05, 0) is 6.42 Å². The summed E-state index contributed by atoms with van der Waals surface area (Å²) < 4.78 is 0. The molecule has 1 atom stereocenters. The molecule has 0 spiro atoms. The smallest absolute Gasteiger partial charge is 0.332 e. The van der Waals surface area contributed by atoms with E-state index in [2.05, 4.69) is 0 Å². The summed E-state index contributed by atoms with van der Waals surface area (Å²) in [4.78, 5) is 9.68. The van der Waals surface area contributed by atoms with Gasteiger partial charge in [0, 0.05) is 0 Å². The Morgan fingerprint density at radius 3 is 2.12 bits per heavy atom. The van der Waals surface area contributed by atoms with E-state index in [1.54, 1.807) is 6.92 Å². The minimum atomic E-state index is -1.18. The van der Waals surface area contributed by atoms with Gasteiger partial charge >= 0.3 is 29.0 Å². The lowest BCUT2D eigenvalue weighted by Gasteiger charge is -1.95. The van der Waals surface area contributed by atoms with E-state index in [0.29, 0.717) is 0 Å². The maximum Gasteiger partial charge on any atom is 0.332 e. The molecule has 0 aliphatic rings. The third-order valence-electron chi connectivity index (χ3n) is 0.672. The first-order valence-electron chi connectivity index (χ1n) is 2.09. The van der Waals surface area contributed by atoms with Crippen LogP contribution in [-0.2, 0) is 4.79 Å². The SMILES string of the molecule is CCC(O)C(=O)O.[MgH2]. The number of rotatable bonds is 2. The Labute approximate surface area is 63.9 Å². The fraction of sp³-hybridized carbons (Fsp3) is 0.750. The van der Waals surface area contributed by atoms with Crippen LogP contribution < -0.4 is 0 Å². The quantitative estimate of drug-likeness (QED) is 0.468. The van der Waals surface area contributed by atoms with Gasteiger partial charge in [-0.3, -0.25) is 0 Å². The molecule has 0 aliphatic heterocycles. The van der Waals surface area contributed by atoms with Crippen LogP contribution in [0.5, 0.6) is 0 Å². The number of hydrogen-bond acceptors (Lipinski definition) is 2. The molecule has 0 amide bonds. The van der Waals surface area contributed by atoms with E-state index in [0.717, 1.165) is 0 Å². The third kappa shape index (κ3) is 4.36. The fourth-order valence-corrected chi connectivity index (χ4v) is 0.175. The third-order valence-corrected chi connectivity index (χ3v) is 0.672. The van der Waals surface area contributed by atoms with Crippen molar-refractivity contribution >= 4 is 29.0 Å². The minimum absolute atomic E-state index is 0. The van der Waals surface area contributed by atoms with Crippen LogP contribution in [0.2, 0.25) is 0 Å². The van der Waals surface area contributed by atoms with Crippen molar-refractivity contribution < 1.29 is 15.0 Å². The summed E-state index contributed by atoms with van der Waals surface area (Å²) in [6, 6.07) is 0. The van der Waals surface area contributed by atoms with Crippen LogP contribution in [0.15, 0.2) is 0 Å². The zero-order chi connectivity index (χ0) is 5.86. The maximum atomic E-state index is 9.68. The maximum absolute atomic E-state index is 9.68. The number of carboxylic acids is 1. The van der Waals surface area contributed by atoms with E-state index >= 15 is 0 Å². The molecule has 0 fully saturated rings. The van der Waals surface area contributed by atoms with Gasteiger partial charge in [0.2, 0.25) is 0 Å². The lowest BCUT2D eigenvalue weighted by Crippen LogP contribution is -2.17. The van der Waals surface area contributed by atoms with Crippen LogP contribution in [0.3, 0.4) is 0 Å². The second-order valence-electron chi connectivity index (χ2n) is 1.26. The van der Waals surface area contributed by atoms with E-state index < -0.39 is 12.1 Å². The number of carbonyl (C=O) groups is 1. The summed E-state index contributed by atoms with van der Waals surface area (Å²) in [5.74, 6) is -1.15. The first-order valence-corrected chi connectivity index (χ1v) is 2.09. The Balaban J connectivity index is 0. The predicted molar refractivity (Wildman–Crippen MR) is 32.5 cm³/mol. The van der Waals surface area contributed by atoms with Gasteiger partial charge in [0.15, 0.2) is 6.10 Å². The predicted octanol–water partition coefficient (Wildman–Crippen LogP) is -1.07. The van der Waals surface area contributed by atoms with E-state index in [-0.39, 0.29) is 29.5 Å². The lowest BCUT2D eigenvalue weighted by molar-refractivity contribution is -0.146. The molecule has 3 nitrogen and oxygen atoms in total. The molecule has 4 heteroatoms. The summed E-state index contributed by atoms with van der Waals surface area (Å²) in [6.07, 6.45) is -0.907. The van der Waals surface area contributed by atoms with Gasteiger partial charge in [-0.25, -0.2) is 4.79 Å². The molecule has 1 unspecified atom stereocenters. The number of carboxylic acid groups (broad SMARTS) is 1. The Bertz CT molecular complexity index is 73.7. The molecule has 2 N–H and O–H groups in total. The van der Waals surface area contributed by atoms with Gasteiger partial charge in [-0.1, -0.05) is 6.92 Å². The largest absolute Gasteiger partial charge is 0.479 e. The topological polar surface area (TPSA) is 57.5 Å². The van der Waals surface area contributed by atoms with Gasteiger partial charge in [-0.15, -0.1) is 0 Å². The van der Waals surface area contributed by atoms with Crippen LogP contribution in [0.1, 0.15) is 13.3 Å². The van der Waals surface area contributed by atoms with Gasteiger partial charge in [0.1, 0.15) is 0 Å². The van der Waals surface area contributed by atoms with Crippen LogP contribution in [0.4, 0.5) is 0 Å². The first kappa shape index (κ1) is 11.1. The van der Waals surface area contributed by atoms with Crippen LogP contribution in [-0.4, -0.2) is 45.3 Å². The van der Waals surface area contributed by atoms with Crippen molar-refractivity contribution in [2.75, 3.05) is 0 Å². The van der Waals surface area contributed by atoms with Crippen molar-refractivity contribution in [1.82, 2.24) is 0 Å². The van der Waals surface area contributed by atoms with Gasteiger partial charge in [0.05, 0.1) is 0 Å². The molecule has 8 heavy (non-hydrogen) atoms. The molecule has 0 bridgehead atoms. The van der Waals surface area contributed by atoms with Crippen molar-refractivity contribution in [1.29, 1.82) is 0 Å². The number of aliphatic carboxylic acids is 1. The molecule has 46 valence electrons. The Morgan fingerprint density at radius 2 is 2.12 bits per heavy atom. The highest BCUT2D eigenvalue weighted by Gasteiger charge is 2.07. The summed E-state index contributed by atoms with van der Waals surface area (Å²) in [6.45, 7) is 1.61. The van der Waals surface area contributed by atoms with Crippen molar-refractivity contribution in [2.24, 2.45) is 0 Å². The second kappa shape index (κ2) is 5.34. The summed E-state index contributed by atoms with van der Waals surface area (Å²) in [5, 5.41) is 16.3. The fourth-order valence-electron chi connectivity index (χ4n) is 0.175. The van der Waals surface area contributed by atoms with Crippen molar-refractivity contribution in [3.63, 3.8) is 0 Å². The minimum Gasteiger partial charge on any atom is -0.479 e. The monoisotopic (exact) mass is 130 g/mol. The lowest BCUT2D eigenvalue weighted by atomic mass is 10.3. The molecule has 0 aliphatic carbocycles. The zero-order valence-corrected chi connectivity index (χ0v) is 4.09. The van der Waals surface area contributed by atoms with Crippen LogP contribution >= 0.6 is 0 Å². The number of aliphatic hydroxyl groups is 1. The molecule has 0 rings (SSSR count). The average molecular weight is 130 g/mol. The molecule has 0 saturated carbocycles. The number of hydrogen-bond donors (Lipinski definition) is 2. The summed E-state index contributed by atoms with van der Waals surface area (Å²) >= 11 is 0. The highest BCUT2D eigenvalue weighted by atomic mass is 24.3. The van der Waals surface area contributed by atoms with Gasteiger partial charge in [-0.2, -0.15) is 0 Å². The standard InChI is InChI=1S/C4H8O3.Mg.2H/c1-2-3(5)4(6)7;;;/h3,5H,2H2,1H3,(H,6,7);;;. The average Bonchev–Trinajstić information content (AvgIpc) is 1.65. The normalized spacial score (nSPS) is 11.8. The Morgan fingerprint density at radius 1 is 1.75 bits per heavy atom. The summed E-state index contributed by atoms with van der Waals surface area (Å²) in [7, 11) is 0. The first-order chi connectivity index (χ1) is 3.18. The van der Waals surface area contributed by atoms with E-state index in [9.17, 15) is 4.79 Å². The molecule has 0 radical (unpaired) electrons. The van der Waals surface area contributed by atoms with E-state index in [4.69, 9.17) is 10.2 Å². The highest BCUT2D eigenvalue weighted by Crippen LogP contribution is 1.86. The highest BCUT2D eigenvalue weighted by molar-refractivity contribution is 5.75. The van der Waals surface area contributed by atoms with Crippen LogP contribution in [0, 0.1) is 0 Å². The van der Waals surface area contributed by atoms with Crippen molar-refractivity contribution in [3.8, 4) is 0 Å². The Kier molecular flexibility index (Phi) is 7.37. The zero-order valence-electron chi connectivity index (χ0n) is 4.09. The van der Waals surface area contributed by atoms with E-state index in [1.807, 2.05) is 0 Å². The molecular weight excluding hydrogens is 120 g/mol. The van der Waals surface area contributed by atoms with Gasteiger partial charge < -0.3 is 10.2 Å². The Hall–Kier alpha value is 0.196. The molecule has 0 aromatic heterocycles. The van der Waals surface area contributed by atoms with Gasteiger partial charge in [0.25, 0.3) is 0 Å². The van der Waals surface area contributed by atoms with Crippen molar-refractivity contribution in [2.45, 2.75) is 19.4 Å². The summed E-state index contributed by atoms with van der Waals surface area (Å²) in [5.41, 5.74) is 0. The van der Waals surface area contributed by atoms with Crippen molar-refractivity contribution in [3.05, 3.63) is 0 Å². The molecule has 0 heterocycles.